The van der Waals surface area contributed by atoms with Crippen LogP contribution in [0.4, 0.5) is 0 Å². The fourth-order valence-corrected chi connectivity index (χ4v) is 4.78. The van der Waals surface area contributed by atoms with Crippen molar-refractivity contribution in [2.24, 2.45) is 17.8 Å². The van der Waals surface area contributed by atoms with Gasteiger partial charge < -0.3 is 20.1 Å². The summed E-state index contributed by atoms with van der Waals surface area (Å²) in [5.74, 6) is 2.79. The van der Waals surface area contributed by atoms with E-state index in [1.807, 2.05) is 0 Å². The van der Waals surface area contributed by atoms with Crippen molar-refractivity contribution >= 4 is 0 Å². The third kappa shape index (κ3) is 6.29. The second-order valence-corrected chi connectivity index (χ2v) is 8.13. The minimum Gasteiger partial charge on any atom is -0.350 e. The predicted octanol–water partition coefficient (Wildman–Crippen LogP) is 3.32. The molecule has 2 N–H and O–H groups in total. The van der Waals surface area contributed by atoms with E-state index in [1.165, 1.54) is 70.9 Å². The van der Waals surface area contributed by atoms with Crippen molar-refractivity contribution in [1.29, 1.82) is 0 Å². The maximum Gasteiger partial charge on any atom is 0.160 e. The molecular weight excluding hydrogens is 300 g/mol. The second-order valence-electron chi connectivity index (χ2n) is 8.13. The van der Waals surface area contributed by atoms with Gasteiger partial charge in [-0.15, -0.1) is 0 Å². The largest absolute Gasteiger partial charge is 0.350 e. The van der Waals surface area contributed by atoms with Crippen LogP contribution in [0.5, 0.6) is 0 Å². The van der Waals surface area contributed by atoms with Crippen molar-refractivity contribution in [1.82, 2.24) is 10.6 Å². The first kappa shape index (κ1) is 18.6. The van der Waals surface area contributed by atoms with Crippen molar-refractivity contribution in [2.45, 2.75) is 70.5 Å². The molecule has 4 rings (SSSR count). The zero-order valence-corrected chi connectivity index (χ0v) is 15.4. The van der Waals surface area contributed by atoms with E-state index >= 15 is 0 Å². The number of ether oxygens (including phenoxy) is 2. The SMILES string of the molecule is C1CC(C2OCCO2)CCN1.C1CCC(CC2CCNCC2)CC1. The van der Waals surface area contributed by atoms with Gasteiger partial charge in [0.05, 0.1) is 13.2 Å². The molecule has 0 bridgehead atoms. The summed E-state index contributed by atoms with van der Waals surface area (Å²) < 4.78 is 10.9. The van der Waals surface area contributed by atoms with Gasteiger partial charge in [0.15, 0.2) is 6.29 Å². The summed E-state index contributed by atoms with van der Waals surface area (Å²) in [6.07, 6.45) is 14.5. The quantitative estimate of drug-likeness (QED) is 0.828. The summed E-state index contributed by atoms with van der Waals surface area (Å²) in [4.78, 5) is 0. The Kier molecular flexibility index (Phi) is 8.34. The van der Waals surface area contributed by atoms with Gasteiger partial charge in [0.2, 0.25) is 0 Å². The molecule has 4 heteroatoms. The van der Waals surface area contributed by atoms with E-state index in [9.17, 15) is 0 Å². The van der Waals surface area contributed by atoms with Crippen LogP contribution in [0.15, 0.2) is 0 Å². The van der Waals surface area contributed by atoms with E-state index in [1.54, 1.807) is 6.42 Å². The fraction of sp³-hybridized carbons (Fsp3) is 1.00. The van der Waals surface area contributed by atoms with Crippen molar-refractivity contribution < 1.29 is 9.47 Å². The Morgan fingerprint density at radius 2 is 1.17 bits per heavy atom. The zero-order chi connectivity index (χ0) is 16.5. The van der Waals surface area contributed by atoms with Crippen LogP contribution in [-0.4, -0.2) is 45.7 Å². The lowest BCUT2D eigenvalue weighted by molar-refractivity contribution is -0.0902. The van der Waals surface area contributed by atoms with Crippen molar-refractivity contribution in [3.05, 3.63) is 0 Å². The normalized spacial score (nSPS) is 28.5. The van der Waals surface area contributed by atoms with Gasteiger partial charge in [-0.25, -0.2) is 0 Å². The van der Waals surface area contributed by atoms with Crippen LogP contribution < -0.4 is 10.6 Å². The van der Waals surface area contributed by atoms with Crippen LogP contribution in [0, 0.1) is 17.8 Å². The molecule has 3 aliphatic heterocycles. The van der Waals surface area contributed by atoms with E-state index in [4.69, 9.17) is 9.47 Å². The first-order valence-corrected chi connectivity index (χ1v) is 10.6. The maximum absolute atomic E-state index is 5.44. The number of nitrogens with one attached hydrogen (secondary N) is 2. The highest BCUT2D eigenvalue weighted by Gasteiger charge is 2.27. The van der Waals surface area contributed by atoms with E-state index in [2.05, 4.69) is 10.6 Å². The maximum atomic E-state index is 5.44. The van der Waals surface area contributed by atoms with Gasteiger partial charge in [-0.3, -0.25) is 0 Å². The van der Waals surface area contributed by atoms with Gasteiger partial charge in [-0.05, 0) is 70.1 Å². The average molecular weight is 339 g/mol. The van der Waals surface area contributed by atoms with Crippen LogP contribution >= 0.6 is 0 Å². The summed E-state index contributed by atoms with van der Waals surface area (Å²) in [5.41, 5.74) is 0. The van der Waals surface area contributed by atoms with E-state index in [0.717, 1.165) is 38.1 Å². The summed E-state index contributed by atoms with van der Waals surface area (Å²) >= 11 is 0. The molecule has 24 heavy (non-hydrogen) atoms. The first-order chi connectivity index (χ1) is 11.9. The molecule has 3 heterocycles. The second kappa shape index (κ2) is 10.7. The Hall–Kier alpha value is -0.160. The van der Waals surface area contributed by atoms with Gasteiger partial charge in [0.1, 0.15) is 0 Å². The molecule has 0 aromatic rings. The minimum absolute atomic E-state index is 0.108. The van der Waals surface area contributed by atoms with Gasteiger partial charge in [-0.2, -0.15) is 0 Å². The topological polar surface area (TPSA) is 42.5 Å². The highest BCUT2D eigenvalue weighted by atomic mass is 16.7. The monoisotopic (exact) mass is 338 g/mol. The number of rotatable bonds is 3. The molecule has 4 nitrogen and oxygen atoms in total. The molecule has 4 fully saturated rings. The van der Waals surface area contributed by atoms with Crippen LogP contribution in [0.1, 0.15) is 64.2 Å². The van der Waals surface area contributed by atoms with Crippen LogP contribution in [0.3, 0.4) is 0 Å². The first-order valence-electron chi connectivity index (χ1n) is 10.6. The molecule has 3 saturated heterocycles. The Bertz CT molecular complexity index is 300. The Morgan fingerprint density at radius 3 is 1.79 bits per heavy atom. The minimum atomic E-state index is 0.108. The number of hydrogen-bond acceptors (Lipinski definition) is 4. The van der Waals surface area contributed by atoms with Crippen LogP contribution in [0.2, 0.25) is 0 Å². The molecule has 1 aliphatic carbocycles. The molecular formula is C20H38N2O2. The molecule has 0 amide bonds. The van der Waals surface area contributed by atoms with Crippen molar-refractivity contribution in [3.63, 3.8) is 0 Å². The van der Waals surface area contributed by atoms with Gasteiger partial charge in [0, 0.05) is 5.92 Å². The highest BCUT2D eigenvalue weighted by molar-refractivity contribution is 4.74. The summed E-state index contributed by atoms with van der Waals surface area (Å²) in [7, 11) is 0. The average Bonchev–Trinajstić information content (AvgIpc) is 3.20. The molecule has 4 aliphatic rings. The van der Waals surface area contributed by atoms with Crippen LogP contribution in [-0.2, 0) is 9.47 Å². The van der Waals surface area contributed by atoms with Gasteiger partial charge in [-0.1, -0.05) is 32.1 Å². The van der Waals surface area contributed by atoms with E-state index < -0.39 is 0 Å². The lowest BCUT2D eigenvalue weighted by Crippen LogP contribution is -2.34. The standard InChI is InChI=1S/C12H23N.C8H15NO2/c1-2-4-11(5-3-1)10-12-6-8-13-9-7-12;1-3-9-4-2-7(1)8-10-5-6-11-8/h11-13H,1-10H2;7-9H,1-6H2. The van der Waals surface area contributed by atoms with Crippen molar-refractivity contribution in [2.75, 3.05) is 39.4 Å². The summed E-state index contributed by atoms with van der Waals surface area (Å²) in [6.45, 7) is 6.36. The van der Waals surface area contributed by atoms with Crippen LogP contribution in [0.25, 0.3) is 0 Å². The zero-order valence-electron chi connectivity index (χ0n) is 15.4. The van der Waals surface area contributed by atoms with E-state index in [0.29, 0.717) is 5.92 Å². The molecule has 0 atom stereocenters. The predicted molar refractivity (Wildman–Crippen MR) is 98.1 cm³/mol. The molecule has 140 valence electrons. The Morgan fingerprint density at radius 1 is 0.625 bits per heavy atom. The molecule has 0 radical (unpaired) electrons. The smallest absolute Gasteiger partial charge is 0.160 e. The molecule has 0 aromatic heterocycles. The molecule has 1 saturated carbocycles. The van der Waals surface area contributed by atoms with Gasteiger partial charge >= 0.3 is 0 Å². The Labute approximate surface area is 148 Å². The van der Waals surface area contributed by atoms with E-state index in [-0.39, 0.29) is 6.29 Å². The Balaban J connectivity index is 0.000000143. The third-order valence-electron chi connectivity index (χ3n) is 6.27. The molecule has 0 unspecified atom stereocenters. The highest BCUT2D eigenvalue weighted by Crippen LogP contribution is 2.31. The molecule has 0 spiro atoms. The summed E-state index contributed by atoms with van der Waals surface area (Å²) in [5, 5.41) is 6.78. The molecule has 0 aromatic carbocycles. The number of hydrogen-bond donors (Lipinski definition) is 2. The number of piperidine rings is 2. The lowest BCUT2D eigenvalue weighted by atomic mass is 9.80. The fourth-order valence-electron chi connectivity index (χ4n) is 4.78. The van der Waals surface area contributed by atoms with Crippen molar-refractivity contribution in [3.8, 4) is 0 Å². The lowest BCUT2D eigenvalue weighted by Gasteiger charge is -2.29. The third-order valence-corrected chi connectivity index (χ3v) is 6.27. The summed E-state index contributed by atoms with van der Waals surface area (Å²) in [6, 6.07) is 0. The van der Waals surface area contributed by atoms with Gasteiger partial charge in [0.25, 0.3) is 0 Å².